The Hall–Kier alpha value is -2.60. The molecule has 5 aromatic carbocycles. The summed E-state index contributed by atoms with van der Waals surface area (Å²) >= 11 is 0. The predicted molar refractivity (Wildman–Crippen MR) is 111 cm³/mol. The smallest absolute Gasteiger partial charge is 0.00260 e. The van der Waals surface area contributed by atoms with Crippen LogP contribution in [0.3, 0.4) is 0 Å². The minimum absolute atomic E-state index is 1.17. The first-order chi connectivity index (χ1) is 12.3. The molecule has 0 aliphatic carbocycles. The molecule has 0 aliphatic rings. The van der Waals surface area contributed by atoms with Crippen molar-refractivity contribution in [1.29, 1.82) is 0 Å². The Morgan fingerprint density at radius 3 is 2.08 bits per heavy atom. The van der Waals surface area contributed by atoms with Crippen molar-refractivity contribution in [2.45, 2.75) is 33.1 Å². The average Bonchev–Trinajstić information content (AvgIpc) is 2.63. The zero-order valence-corrected chi connectivity index (χ0v) is 14.9. The lowest BCUT2D eigenvalue weighted by atomic mass is 9.87. The topological polar surface area (TPSA) is 0 Å². The first kappa shape index (κ1) is 14.7. The number of unbranched alkanes of at least 4 members (excludes halogenated alkanes) is 1. The summed E-state index contributed by atoms with van der Waals surface area (Å²) in [5, 5.41) is 11.2. The maximum Gasteiger partial charge on any atom is -0.00260 e. The highest BCUT2D eigenvalue weighted by molar-refractivity contribution is 6.33. The second kappa shape index (κ2) is 5.46. The molecular formula is C25H22. The molecule has 5 rings (SSSR count). The molecule has 0 fully saturated rings. The number of hydrogen-bond donors (Lipinski definition) is 0. The van der Waals surface area contributed by atoms with E-state index in [4.69, 9.17) is 0 Å². The van der Waals surface area contributed by atoms with Crippen molar-refractivity contribution >= 4 is 43.1 Å². The predicted octanol–water partition coefficient (Wildman–Crippen LogP) is 7.39. The molecule has 0 aliphatic heterocycles. The number of rotatable bonds is 3. The van der Waals surface area contributed by atoms with Gasteiger partial charge in [0.25, 0.3) is 0 Å². The lowest BCUT2D eigenvalue weighted by molar-refractivity contribution is 0.796. The maximum absolute atomic E-state index is 2.45. The highest BCUT2D eigenvalue weighted by Crippen LogP contribution is 2.41. The quantitative estimate of drug-likeness (QED) is 0.240. The summed E-state index contributed by atoms with van der Waals surface area (Å²) in [4.78, 5) is 0. The fourth-order valence-corrected chi connectivity index (χ4v) is 4.47. The van der Waals surface area contributed by atoms with Crippen molar-refractivity contribution in [2.75, 3.05) is 0 Å². The lowest BCUT2D eigenvalue weighted by Crippen LogP contribution is -1.91. The summed E-state index contributed by atoms with van der Waals surface area (Å²) in [6, 6.07) is 23.0. The van der Waals surface area contributed by atoms with Gasteiger partial charge in [-0.05, 0) is 74.0 Å². The van der Waals surface area contributed by atoms with Crippen molar-refractivity contribution in [2.24, 2.45) is 0 Å². The van der Waals surface area contributed by atoms with Gasteiger partial charge in [-0.2, -0.15) is 0 Å². The first-order valence-electron chi connectivity index (χ1n) is 9.36. The largest absolute Gasteiger partial charge is 0.0654 e. The van der Waals surface area contributed by atoms with Crippen molar-refractivity contribution in [3.63, 3.8) is 0 Å². The molecule has 0 heterocycles. The van der Waals surface area contributed by atoms with Gasteiger partial charge in [0, 0.05) is 0 Å². The van der Waals surface area contributed by atoms with E-state index in [-0.39, 0.29) is 0 Å². The van der Waals surface area contributed by atoms with E-state index in [1.807, 2.05) is 0 Å². The van der Waals surface area contributed by atoms with E-state index in [1.165, 1.54) is 73.5 Å². The average molecular weight is 322 g/mol. The molecule has 25 heavy (non-hydrogen) atoms. The maximum atomic E-state index is 2.45. The molecule has 0 spiro atoms. The number of aryl methyl sites for hydroxylation is 2. The molecule has 122 valence electrons. The van der Waals surface area contributed by atoms with Gasteiger partial charge in [-0.1, -0.05) is 74.0 Å². The Morgan fingerprint density at radius 2 is 1.36 bits per heavy atom. The monoisotopic (exact) mass is 322 g/mol. The molecule has 0 heteroatoms. The van der Waals surface area contributed by atoms with Crippen LogP contribution in [0.5, 0.6) is 0 Å². The van der Waals surface area contributed by atoms with Crippen LogP contribution in [0.25, 0.3) is 43.1 Å². The highest BCUT2D eigenvalue weighted by Gasteiger charge is 2.14. The Labute approximate surface area is 148 Å². The molecule has 0 saturated carbocycles. The second-order valence-electron chi connectivity index (χ2n) is 7.37. The van der Waals surface area contributed by atoms with E-state index in [2.05, 4.69) is 74.5 Å². The van der Waals surface area contributed by atoms with Crippen LogP contribution in [-0.4, -0.2) is 0 Å². The molecule has 0 unspecified atom stereocenters. The Kier molecular flexibility index (Phi) is 3.21. The molecule has 0 radical (unpaired) electrons. The van der Waals surface area contributed by atoms with Gasteiger partial charge in [0.2, 0.25) is 0 Å². The summed E-state index contributed by atoms with van der Waals surface area (Å²) in [5.74, 6) is 0. The summed E-state index contributed by atoms with van der Waals surface area (Å²) in [6.45, 7) is 4.49. The van der Waals surface area contributed by atoms with Crippen LogP contribution in [0.15, 0.2) is 60.7 Å². The van der Waals surface area contributed by atoms with E-state index >= 15 is 0 Å². The van der Waals surface area contributed by atoms with Gasteiger partial charge in [0.15, 0.2) is 0 Å². The molecule has 0 atom stereocenters. The number of benzene rings is 5. The zero-order chi connectivity index (χ0) is 17.0. The standard InChI is InChI=1S/C25H22/c1-3-4-7-17-14-19-12-16(2)13-22-20-10-5-8-18-9-6-11-21(24(18)20)23(15-17)25(19)22/h5-6,8-15H,3-4,7H2,1-2H3. The van der Waals surface area contributed by atoms with Gasteiger partial charge in [-0.3, -0.25) is 0 Å². The summed E-state index contributed by atoms with van der Waals surface area (Å²) in [5.41, 5.74) is 2.81. The van der Waals surface area contributed by atoms with E-state index in [0.29, 0.717) is 0 Å². The fourth-order valence-electron chi connectivity index (χ4n) is 4.47. The SMILES string of the molecule is CCCCc1cc2cc(C)cc3c4cccc5cccc(c(c1)c23)c54. The Bertz CT molecular complexity index is 1220. The summed E-state index contributed by atoms with van der Waals surface area (Å²) in [6.07, 6.45) is 3.66. The Balaban J connectivity index is 2.05. The third kappa shape index (κ3) is 2.14. The van der Waals surface area contributed by atoms with E-state index in [9.17, 15) is 0 Å². The van der Waals surface area contributed by atoms with Crippen LogP contribution in [-0.2, 0) is 6.42 Å². The van der Waals surface area contributed by atoms with Gasteiger partial charge in [0.05, 0.1) is 0 Å². The zero-order valence-electron chi connectivity index (χ0n) is 14.9. The molecule has 0 bridgehead atoms. The van der Waals surface area contributed by atoms with Crippen molar-refractivity contribution < 1.29 is 0 Å². The van der Waals surface area contributed by atoms with E-state index in [1.54, 1.807) is 0 Å². The van der Waals surface area contributed by atoms with E-state index < -0.39 is 0 Å². The number of fused-ring (bicyclic) bond motifs is 2. The molecule has 0 nitrogen and oxygen atoms in total. The van der Waals surface area contributed by atoms with Crippen molar-refractivity contribution in [3.05, 3.63) is 71.8 Å². The normalized spacial score (nSPS) is 12.1. The van der Waals surface area contributed by atoms with Crippen molar-refractivity contribution in [3.8, 4) is 0 Å². The Morgan fingerprint density at radius 1 is 0.680 bits per heavy atom. The van der Waals surface area contributed by atoms with Gasteiger partial charge in [-0.15, -0.1) is 0 Å². The van der Waals surface area contributed by atoms with Crippen LogP contribution >= 0.6 is 0 Å². The summed E-state index contributed by atoms with van der Waals surface area (Å²) in [7, 11) is 0. The number of hydrogen-bond acceptors (Lipinski definition) is 0. The molecule has 0 saturated heterocycles. The second-order valence-corrected chi connectivity index (χ2v) is 7.37. The van der Waals surface area contributed by atoms with E-state index in [0.717, 1.165) is 0 Å². The van der Waals surface area contributed by atoms with Crippen LogP contribution in [0.4, 0.5) is 0 Å². The van der Waals surface area contributed by atoms with Gasteiger partial charge in [0.1, 0.15) is 0 Å². The molecular weight excluding hydrogens is 300 g/mol. The van der Waals surface area contributed by atoms with Crippen LogP contribution < -0.4 is 0 Å². The molecule has 5 aromatic rings. The molecule has 0 aromatic heterocycles. The third-order valence-electron chi connectivity index (χ3n) is 5.56. The summed E-state index contributed by atoms with van der Waals surface area (Å²) < 4.78 is 0. The minimum atomic E-state index is 1.17. The fraction of sp³-hybridized carbons (Fsp3) is 0.200. The minimum Gasteiger partial charge on any atom is -0.0654 e. The third-order valence-corrected chi connectivity index (χ3v) is 5.56. The van der Waals surface area contributed by atoms with Gasteiger partial charge < -0.3 is 0 Å². The van der Waals surface area contributed by atoms with Crippen molar-refractivity contribution in [1.82, 2.24) is 0 Å². The van der Waals surface area contributed by atoms with Crippen LogP contribution in [0.1, 0.15) is 30.9 Å². The van der Waals surface area contributed by atoms with Gasteiger partial charge >= 0.3 is 0 Å². The van der Waals surface area contributed by atoms with Crippen LogP contribution in [0.2, 0.25) is 0 Å². The van der Waals surface area contributed by atoms with Crippen LogP contribution in [0, 0.1) is 6.92 Å². The van der Waals surface area contributed by atoms with Gasteiger partial charge in [-0.25, -0.2) is 0 Å². The highest BCUT2D eigenvalue weighted by atomic mass is 14.2. The lowest BCUT2D eigenvalue weighted by Gasteiger charge is -2.16. The molecule has 0 N–H and O–H groups in total. The molecule has 0 amide bonds. The first-order valence-corrected chi connectivity index (χ1v) is 9.36.